The number of carboxylic acids is 1. The van der Waals surface area contributed by atoms with E-state index >= 15 is 0 Å². The summed E-state index contributed by atoms with van der Waals surface area (Å²) in [7, 11) is 0. The largest absolute Gasteiger partial charge is 0.480 e. The molecule has 3 heterocycles. The van der Waals surface area contributed by atoms with Crippen LogP contribution in [-0.4, -0.2) is 33.0 Å². The van der Waals surface area contributed by atoms with E-state index < -0.39 is 5.97 Å². The van der Waals surface area contributed by atoms with Crippen molar-refractivity contribution in [2.24, 2.45) is 0 Å². The molecule has 0 unspecified atom stereocenters. The molecule has 1 amide bonds. The van der Waals surface area contributed by atoms with E-state index in [1.165, 1.54) is 11.3 Å². The van der Waals surface area contributed by atoms with Crippen LogP contribution in [-0.2, 0) is 24.3 Å². The zero-order valence-corrected chi connectivity index (χ0v) is 14.7. The van der Waals surface area contributed by atoms with Gasteiger partial charge in [-0.05, 0) is 25.1 Å². The van der Waals surface area contributed by atoms with Crippen LogP contribution < -0.4 is 0 Å². The van der Waals surface area contributed by atoms with E-state index in [0.717, 1.165) is 31.9 Å². The van der Waals surface area contributed by atoms with Crippen molar-refractivity contribution in [3.05, 3.63) is 57.4 Å². The molecule has 0 spiro atoms. The molecule has 128 valence electrons. The summed E-state index contributed by atoms with van der Waals surface area (Å²) in [4.78, 5) is 27.8. The number of hydrogen-bond acceptors (Lipinski definition) is 3. The molecule has 4 rings (SSSR count). The number of carboxylic acid groups (broad SMARTS) is 1. The third-order valence-electron chi connectivity index (χ3n) is 4.69. The van der Waals surface area contributed by atoms with Gasteiger partial charge in [-0.25, -0.2) is 0 Å². The summed E-state index contributed by atoms with van der Waals surface area (Å²) in [6.07, 6.45) is 0.674. The van der Waals surface area contributed by atoms with Crippen molar-refractivity contribution < 1.29 is 14.7 Å². The van der Waals surface area contributed by atoms with Gasteiger partial charge in [0.05, 0.1) is 4.88 Å². The third kappa shape index (κ3) is 2.72. The number of benzene rings is 1. The molecule has 0 atom stereocenters. The van der Waals surface area contributed by atoms with Crippen molar-refractivity contribution >= 4 is 34.1 Å². The highest BCUT2D eigenvalue weighted by Gasteiger charge is 2.28. The number of amides is 1. The van der Waals surface area contributed by atoms with Gasteiger partial charge in [-0.1, -0.05) is 18.2 Å². The Bertz CT molecular complexity index is 986. The van der Waals surface area contributed by atoms with E-state index in [9.17, 15) is 14.7 Å². The summed E-state index contributed by atoms with van der Waals surface area (Å²) in [5.74, 6) is -0.796. The van der Waals surface area contributed by atoms with Gasteiger partial charge in [-0.3, -0.25) is 9.59 Å². The maximum Gasteiger partial charge on any atom is 0.323 e. The van der Waals surface area contributed by atoms with E-state index in [4.69, 9.17) is 0 Å². The Kier molecular flexibility index (Phi) is 3.84. The van der Waals surface area contributed by atoms with Crippen molar-refractivity contribution in [3.63, 3.8) is 0 Å². The monoisotopic (exact) mass is 354 g/mol. The lowest BCUT2D eigenvalue weighted by molar-refractivity contribution is -0.137. The van der Waals surface area contributed by atoms with Crippen LogP contribution in [0.1, 0.15) is 25.8 Å². The molecule has 25 heavy (non-hydrogen) atoms. The number of aliphatic carboxylic acids is 1. The van der Waals surface area contributed by atoms with Gasteiger partial charge >= 0.3 is 5.97 Å². The zero-order valence-electron chi connectivity index (χ0n) is 13.9. The average molecular weight is 354 g/mol. The van der Waals surface area contributed by atoms with Crippen LogP contribution in [0.15, 0.2) is 36.4 Å². The van der Waals surface area contributed by atoms with Gasteiger partial charge in [0.25, 0.3) is 5.91 Å². The summed E-state index contributed by atoms with van der Waals surface area (Å²) >= 11 is 1.51. The van der Waals surface area contributed by atoms with Crippen LogP contribution in [0.4, 0.5) is 0 Å². The molecule has 0 saturated carbocycles. The number of fused-ring (bicyclic) bond motifs is 3. The zero-order chi connectivity index (χ0) is 17.6. The number of carbonyl (C=O) groups excluding carboxylic acids is 1. The molecule has 0 bridgehead atoms. The first kappa shape index (κ1) is 15.9. The van der Waals surface area contributed by atoms with E-state index in [1.807, 2.05) is 52.8 Å². The molecule has 0 fully saturated rings. The highest BCUT2D eigenvalue weighted by molar-refractivity contribution is 7.13. The van der Waals surface area contributed by atoms with Crippen LogP contribution in [0.3, 0.4) is 0 Å². The maximum atomic E-state index is 12.8. The number of thiophene rings is 1. The first-order valence-electron chi connectivity index (χ1n) is 8.21. The average Bonchev–Trinajstić information content (AvgIpc) is 3.16. The minimum Gasteiger partial charge on any atom is -0.480 e. The van der Waals surface area contributed by atoms with Crippen LogP contribution in [0.5, 0.6) is 0 Å². The van der Waals surface area contributed by atoms with Crippen molar-refractivity contribution in [2.75, 3.05) is 6.54 Å². The lowest BCUT2D eigenvalue weighted by atomic mass is 10.0. The van der Waals surface area contributed by atoms with Gasteiger partial charge in [0.1, 0.15) is 6.54 Å². The quantitative estimate of drug-likeness (QED) is 0.785. The number of para-hydroxylation sites is 1. The second-order valence-electron chi connectivity index (χ2n) is 6.31. The number of aromatic nitrogens is 1. The van der Waals surface area contributed by atoms with Crippen LogP contribution in [0, 0.1) is 6.92 Å². The molecule has 0 aliphatic carbocycles. The Morgan fingerprint density at radius 2 is 2.00 bits per heavy atom. The fourth-order valence-corrected chi connectivity index (χ4v) is 4.43. The summed E-state index contributed by atoms with van der Waals surface area (Å²) in [6.45, 7) is 3.08. The maximum absolute atomic E-state index is 12.8. The van der Waals surface area contributed by atoms with Crippen LogP contribution >= 0.6 is 11.3 Å². The Balaban J connectivity index is 1.73. The summed E-state index contributed by atoms with van der Waals surface area (Å²) in [5.41, 5.74) is 3.04. The Morgan fingerprint density at radius 3 is 2.72 bits per heavy atom. The van der Waals surface area contributed by atoms with E-state index in [1.54, 1.807) is 0 Å². The molecule has 1 aliphatic heterocycles. The molecular weight excluding hydrogens is 336 g/mol. The smallest absolute Gasteiger partial charge is 0.323 e. The summed E-state index contributed by atoms with van der Waals surface area (Å²) in [5, 5.41) is 10.3. The van der Waals surface area contributed by atoms with Gasteiger partial charge < -0.3 is 14.6 Å². The minimum atomic E-state index is -0.851. The highest BCUT2D eigenvalue weighted by atomic mass is 32.1. The topological polar surface area (TPSA) is 62.5 Å². The van der Waals surface area contributed by atoms with Crippen molar-refractivity contribution in [1.82, 2.24) is 9.47 Å². The Labute approximate surface area is 149 Å². The van der Waals surface area contributed by atoms with Gasteiger partial charge in [-0.15, -0.1) is 11.3 Å². The molecule has 6 heteroatoms. The van der Waals surface area contributed by atoms with E-state index in [0.29, 0.717) is 19.5 Å². The molecular formula is C19H18N2O3S. The molecule has 0 radical (unpaired) electrons. The first-order chi connectivity index (χ1) is 12.0. The summed E-state index contributed by atoms with van der Waals surface area (Å²) in [6, 6.07) is 11.7. The van der Waals surface area contributed by atoms with Crippen LogP contribution in [0.2, 0.25) is 0 Å². The number of aryl methyl sites for hydroxylation is 1. The lowest BCUT2D eigenvalue weighted by Crippen LogP contribution is -2.36. The van der Waals surface area contributed by atoms with Crippen LogP contribution in [0.25, 0.3) is 10.9 Å². The Morgan fingerprint density at radius 1 is 1.20 bits per heavy atom. The Hall–Kier alpha value is -2.60. The van der Waals surface area contributed by atoms with Gasteiger partial charge in [0.15, 0.2) is 0 Å². The molecule has 0 saturated heterocycles. The molecule has 5 nitrogen and oxygen atoms in total. The SMILES string of the molecule is Cc1ccc(C(=O)N2CCc3c(c4ccccc4n3CC(=O)O)C2)s1. The predicted molar refractivity (Wildman–Crippen MR) is 97.1 cm³/mol. The van der Waals surface area contributed by atoms with Gasteiger partial charge in [0.2, 0.25) is 0 Å². The number of nitrogens with zero attached hydrogens (tertiary/aromatic N) is 2. The predicted octanol–water partition coefficient (Wildman–Crippen LogP) is 3.29. The standard InChI is InChI=1S/C19H18N2O3S/c1-12-6-7-17(25-12)19(24)20-9-8-16-14(10-20)13-4-2-3-5-15(13)21(16)11-18(22)23/h2-7H,8-11H2,1H3,(H,22,23). The van der Waals surface area contributed by atoms with Crippen molar-refractivity contribution in [1.29, 1.82) is 0 Å². The fraction of sp³-hybridized carbons (Fsp3) is 0.263. The second kappa shape index (κ2) is 6.04. The number of carbonyl (C=O) groups is 2. The number of rotatable bonds is 3. The third-order valence-corrected chi connectivity index (χ3v) is 5.68. The highest BCUT2D eigenvalue weighted by Crippen LogP contribution is 2.32. The fourth-order valence-electron chi connectivity index (χ4n) is 3.60. The lowest BCUT2D eigenvalue weighted by Gasteiger charge is -2.28. The minimum absolute atomic E-state index is 0.0477. The molecule has 2 aromatic heterocycles. The normalized spacial score (nSPS) is 13.9. The van der Waals surface area contributed by atoms with Gasteiger partial charge in [0, 0.05) is 46.5 Å². The van der Waals surface area contributed by atoms with E-state index in [-0.39, 0.29) is 12.5 Å². The van der Waals surface area contributed by atoms with E-state index in [2.05, 4.69) is 0 Å². The molecule has 1 N–H and O–H groups in total. The molecule has 1 aromatic carbocycles. The van der Waals surface area contributed by atoms with Gasteiger partial charge in [-0.2, -0.15) is 0 Å². The molecule has 3 aromatic rings. The second-order valence-corrected chi connectivity index (χ2v) is 7.60. The number of hydrogen-bond donors (Lipinski definition) is 1. The molecule has 1 aliphatic rings. The van der Waals surface area contributed by atoms with Crippen molar-refractivity contribution in [3.8, 4) is 0 Å². The van der Waals surface area contributed by atoms with Crippen molar-refractivity contribution in [2.45, 2.75) is 26.4 Å². The summed E-state index contributed by atoms with van der Waals surface area (Å²) < 4.78 is 1.88. The first-order valence-corrected chi connectivity index (χ1v) is 9.02.